The Bertz CT molecular complexity index is 830. The van der Waals surface area contributed by atoms with Gasteiger partial charge < -0.3 is 0 Å². The minimum atomic E-state index is -3.85. The van der Waals surface area contributed by atoms with Crippen LogP contribution in [0.25, 0.3) is 0 Å². The summed E-state index contributed by atoms with van der Waals surface area (Å²) in [4.78, 5) is 16.0. The van der Waals surface area contributed by atoms with Crippen molar-refractivity contribution in [2.24, 2.45) is 5.92 Å². The van der Waals surface area contributed by atoms with Crippen molar-refractivity contribution < 1.29 is 13.2 Å². The van der Waals surface area contributed by atoms with Gasteiger partial charge in [-0.1, -0.05) is 38.1 Å². The van der Waals surface area contributed by atoms with E-state index in [4.69, 9.17) is 0 Å². The normalized spacial score (nSPS) is 20.0. The molecule has 1 aliphatic rings. The number of carbonyl (C=O) groups is 1. The Labute approximate surface area is 142 Å². The number of hydrogen-bond acceptors (Lipinski definition) is 4. The Morgan fingerprint density at radius 2 is 1.92 bits per heavy atom. The molecule has 1 N–H and O–H groups in total. The summed E-state index contributed by atoms with van der Waals surface area (Å²) in [6, 6.07) is 11.1. The zero-order valence-electron chi connectivity index (χ0n) is 13.6. The molecule has 1 aromatic heterocycles. The van der Waals surface area contributed by atoms with Crippen molar-refractivity contribution in [1.29, 1.82) is 0 Å². The maximum absolute atomic E-state index is 12.2. The Morgan fingerprint density at radius 1 is 1.21 bits per heavy atom. The number of benzene rings is 1. The fraction of sp³-hybridized carbons (Fsp3) is 0.333. The molecule has 2 atom stereocenters. The third-order valence-corrected chi connectivity index (χ3v) is 5.67. The number of sulfonamides is 1. The standard InChI is InChI=1S/C18H20N2O3S/c1-12(2)13-5-7-14(8-6-13)16-10-17(16)18(21)20-24(22,23)15-4-3-9-19-11-15/h3-9,11-12,16-17H,10H2,1-2H3,(H,20,21). The molecule has 1 aliphatic carbocycles. The van der Waals surface area contributed by atoms with Crippen LogP contribution in [0.15, 0.2) is 53.7 Å². The van der Waals surface area contributed by atoms with Gasteiger partial charge in [0.1, 0.15) is 4.90 Å². The third kappa shape index (κ3) is 3.48. The lowest BCUT2D eigenvalue weighted by Gasteiger charge is -2.08. The second-order valence-electron chi connectivity index (χ2n) is 6.43. The first-order valence-corrected chi connectivity index (χ1v) is 9.43. The van der Waals surface area contributed by atoms with Crippen molar-refractivity contribution >= 4 is 15.9 Å². The number of nitrogens with zero attached hydrogens (tertiary/aromatic N) is 1. The van der Waals surface area contributed by atoms with Crippen LogP contribution in [0.4, 0.5) is 0 Å². The van der Waals surface area contributed by atoms with Crippen LogP contribution in [0, 0.1) is 5.92 Å². The van der Waals surface area contributed by atoms with Crippen LogP contribution < -0.4 is 4.72 Å². The molecule has 1 saturated carbocycles. The van der Waals surface area contributed by atoms with Crippen LogP contribution in [0.5, 0.6) is 0 Å². The van der Waals surface area contributed by atoms with E-state index >= 15 is 0 Å². The summed E-state index contributed by atoms with van der Waals surface area (Å²) in [5.41, 5.74) is 2.33. The van der Waals surface area contributed by atoms with E-state index in [-0.39, 0.29) is 16.7 Å². The second kappa shape index (κ2) is 6.36. The minimum absolute atomic E-state index is 0.00293. The molecule has 2 unspecified atom stereocenters. The lowest BCUT2D eigenvalue weighted by molar-refractivity contribution is -0.120. The first kappa shape index (κ1) is 16.6. The summed E-state index contributed by atoms with van der Waals surface area (Å²) < 4.78 is 26.5. The van der Waals surface area contributed by atoms with Crippen LogP contribution in [-0.2, 0) is 14.8 Å². The van der Waals surface area contributed by atoms with E-state index in [0.29, 0.717) is 12.3 Å². The van der Waals surface area contributed by atoms with Crippen LogP contribution >= 0.6 is 0 Å². The monoisotopic (exact) mass is 344 g/mol. The van der Waals surface area contributed by atoms with Gasteiger partial charge in [-0.2, -0.15) is 0 Å². The van der Waals surface area contributed by atoms with Crippen molar-refractivity contribution in [1.82, 2.24) is 9.71 Å². The molecule has 3 rings (SSSR count). The highest BCUT2D eigenvalue weighted by atomic mass is 32.2. The van der Waals surface area contributed by atoms with Crippen LogP contribution in [0.2, 0.25) is 0 Å². The summed E-state index contributed by atoms with van der Waals surface area (Å²) in [5, 5.41) is 0. The number of nitrogens with one attached hydrogen (secondary N) is 1. The summed E-state index contributed by atoms with van der Waals surface area (Å²) in [7, 11) is -3.85. The minimum Gasteiger partial charge on any atom is -0.274 e. The highest BCUT2D eigenvalue weighted by molar-refractivity contribution is 7.90. The Hall–Kier alpha value is -2.21. The maximum atomic E-state index is 12.2. The van der Waals surface area contributed by atoms with Crippen LogP contribution in [0.3, 0.4) is 0 Å². The van der Waals surface area contributed by atoms with E-state index in [1.165, 1.54) is 30.1 Å². The molecule has 1 fully saturated rings. The van der Waals surface area contributed by atoms with E-state index in [9.17, 15) is 13.2 Å². The van der Waals surface area contributed by atoms with E-state index < -0.39 is 15.9 Å². The number of pyridine rings is 1. The summed E-state index contributed by atoms with van der Waals surface area (Å²) >= 11 is 0. The SMILES string of the molecule is CC(C)c1ccc(C2CC2C(=O)NS(=O)(=O)c2cccnc2)cc1. The lowest BCUT2D eigenvalue weighted by Crippen LogP contribution is -2.32. The Morgan fingerprint density at radius 3 is 2.50 bits per heavy atom. The summed E-state index contributed by atoms with van der Waals surface area (Å²) in [6.45, 7) is 4.26. The number of amides is 1. The third-order valence-electron chi connectivity index (χ3n) is 4.34. The average molecular weight is 344 g/mol. The molecule has 0 spiro atoms. The van der Waals surface area contributed by atoms with Crippen molar-refractivity contribution in [2.75, 3.05) is 0 Å². The van der Waals surface area contributed by atoms with Gasteiger partial charge in [0.15, 0.2) is 0 Å². The van der Waals surface area contributed by atoms with E-state index in [1.807, 2.05) is 12.1 Å². The van der Waals surface area contributed by atoms with Crippen molar-refractivity contribution in [2.45, 2.75) is 37.0 Å². The van der Waals surface area contributed by atoms with Crippen molar-refractivity contribution in [3.63, 3.8) is 0 Å². The molecule has 24 heavy (non-hydrogen) atoms. The molecule has 1 aromatic carbocycles. The van der Waals surface area contributed by atoms with Gasteiger partial charge in [0.25, 0.3) is 10.0 Å². The van der Waals surface area contributed by atoms with Crippen molar-refractivity contribution in [3.05, 3.63) is 59.9 Å². The molecule has 0 radical (unpaired) electrons. The molecule has 1 heterocycles. The van der Waals surface area contributed by atoms with E-state index in [0.717, 1.165) is 5.56 Å². The Balaban J connectivity index is 1.66. The van der Waals surface area contributed by atoms with Gasteiger partial charge in [-0.15, -0.1) is 0 Å². The van der Waals surface area contributed by atoms with Gasteiger partial charge in [-0.05, 0) is 41.5 Å². The van der Waals surface area contributed by atoms with Gasteiger partial charge in [0.05, 0.1) is 0 Å². The molecule has 126 valence electrons. The zero-order chi connectivity index (χ0) is 17.3. The largest absolute Gasteiger partial charge is 0.274 e. The molecular formula is C18H20N2O3S. The number of hydrogen-bond donors (Lipinski definition) is 1. The van der Waals surface area contributed by atoms with Crippen molar-refractivity contribution in [3.8, 4) is 0 Å². The number of aromatic nitrogens is 1. The highest BCUT2D eigenvalue weighted by Gasteiger charge is 2.45. The predicted molar refractivity (Wildman–Crippen MR) is 90.9 cm³/mol. The molecule has 0 bridgehead atoms. The molecule has 0 aliphatic heterocycles. The van der Waals surface area contributed by atoms with Gasteiger partial charge >= 0.3 is 0 Å². The molecule has 1 amide bonds. The maximum Gasteiger partial charge on any atom is 0.265 e. The van der Waals surface area contributed by atoms with Crippen LogP contribution in [0.1, 0.15) is 43.2 Å². The summed E-state index contributed by atoms with van der Waals surface area (Å²) in [6.07, 6.45) is 3.39. The first-order valence-electron chi connectivity index (χ1n) is 7.95. The molecule has 6 heteroatoms. The van der Waals surface area contributed by atoms with Gasteiger partial charge in [0, 0.05) is 18.3 Å². The quantitative estimate of drug-likeness (QED) is 0.905. The molecule has 5 nitrogen and oxygen atoms in total. The van der Waals surface area contributed by atoms with Gasteiger partial charge in [-0.3, -0.25) is 9.78 Å². The van der Waals surface area contributed by atoms with E-state index in [1.54, 1.807) is 0 Å². The molecule has 0 saturated heterocycles. The van der Waals surface area contributed by atoms with Gasteiger partial charge in [0.2, 0.25) is 5.91 Å². The fourth-order valence-corrected chi connectivity index (χ4v) is 3.75. The number of rotatable bonds is 5. The van der Waals surface area contributed by atoms with E-state index in [2.05, 4.69) is 35.7 Å². The zero-order valence-corrected chi connectivity index (χ0v) is 14.5. The first-order chi connectivity index (χ1) is 11.4. The predicted octanol–water partition coefficient (Wildman–Crippen LogP) is 2.81. The summed E-state index contributed by atoms with van der Waals surface area (Å²) in [5.74, 6) is -0.185. The average Bonchev–Trinajstić information content (AvgIpc) is 3.36. The fourth-order valence-electron chi connectivity index (χ4n) is 2.75. The topological polar surface area (TPSA) is 76.1 Å². The highest BCUT2D eigenvalue weighted by Crippen LogP contribution is 2.47. The molecule has 2 aromatic rings. The smallest absolute Gasteiger partial charge is 0.265 e. The second-order valence-corrected chi connectivity index (χ2v) is 8.11. The lowest BCUT2D eigenvalue weighted by atomic mass is 10.00. The number of carbonyl (C=O) groups excluding carboxylic acids is 1. The van der Waals surface area contributed by atoms with Gasteiger partial charge in [-0.25, -0.2) is 13.1 Å². The van der Waals surface area contributed by atoms with Crippen LogP contribution in [-0.4, -0.2) is 19.3 Å². The molecular weight excluding hydrogens is 324 g/mol. The Kier molecular flexibility index (Phi) is 4.41.